The number of benzene rings is 2. The maximum Gasteiger partial charge on any atom is 0.283 e. The molecule has 2 aliphatic rings. The van der Waals surface area contributed by atoms with E-state index in [4.69, 9.17) is 14.9 Å². The minimum atomic E-state index is -0.420. The molecule has 0 bridgehead atoms. The number of hydrogen-bond donors (Lipinski definition) is 1. The lowest BCUT2D eigenvalue weighted by molar-refractivity contribution is -0.113. The molecule has 2 heterocycles. The molecule has 0 fully saturated rings. The molecule has 1 N–H and O–H groups in total. The molecule has 2 aliphatic heterocycles. The summed E-state index contributed by atoms with van der Waals surface area (Å²) < 4.78 is 10.5. The van der Waals surface area contributed by atoms with Crippen LogP contribution in [0, 0.1) is 5.41 Å². The summed E-state index contributed by atoms with van der Waals surface area (Å²) >= 11 is 1.40. The highest BCUT2D eigenvalue weighted by Gasteiger charge is 2.37. The summed E-state index contributed by atoms with van der Waals surface area (Å²) in [5.74, 6) is 0.858. The Balaban J connectivity index is 1.76. The quantitative estimate of drug-likeness (QED) is 0.842. The average Bonchev–Trinajstić information content (AvgIpc) is 3.03. The van der Waals surface area contributed by atoms with E-state index < -0.39 is 5.91 Å². The molecule has 2 aromatic rings. The third kappa shape index (κ3) is 2.57. The molecule has 26 heavy (non-hydrogen) atoms. The first-order valence-electron chi connectivity index (χ1n) is 7.85. The van der Waals surface area contributed by atoms with E-state index in [0.29, 0.717) is 16.7 Å². The van der Waals surface area contributed by atoms with E-state index in [9.17, 15) is 4.79 Å². The van der Waals surface area contributed by atoms with Crippen LogP contribution in [0.25, 0.3) is 6.08 Å². The fraction of sp³-hybridized carbons (Fsp3) is 0.105. The number of carbonyl (C=O) groups is 1. The number of nitrogens with zero attached hydrogens (tertiary/aromatic N) is 2. The maximum atomic E-state index is 12.5. The summed E-state index contributed by atoms with van der Waals surface area (Å²) in [6.45, 7) is 0. The molecule has 0 aromatic heterocycles. The highest BCUT2D eigenvalue weighted by atomic mass is 32.2. The first-order valence-corrected chi connectivity index (χ1v) is 8.66. The monoisotopic (exact) mass is 365 g/mol. The van der Waals surface area contributed by atoms with Crippen LogP contribution in [0.1, 0.15) is 5.56 Å². The van der Waals surface area contributed by atoms with Gasteiger partial charge in [0.1, 0.15) is 5.84 Å². The number of thioether (sulfide) groups is 1. The van der Waals surface area contributed by atoms with Crippen molar-refractivity contribution in [2.24, 2.45) is 4.99 Å². The van der Waals surface area contributed by atoms with E-state index in [-0.39, 0.29) is 11.4 Å². The molecule has 130 valence electrons. The minimum absolute atomic E-state index is 0.118. The molecule has 7 heteroatoms. The fourth-order valence-corrected chi connectivity index (χ4v) is 3.89. The van der Waals surface area contributed by atoms with Crippen LogP contribution in [0.5, 0.6) is 11.5 Å². The normalized spacial score (nSPS) is 17.1. The van der Waals surface area contributed by atoms with Crippen molar-refractivity contribution in [2.75, 3.05) is 19.1 Å². The number of carbonyl (C=O) groups excluding carboxylic acids is 1. The predicted octanol–water partition coefficient (Wildman–Crippen LogP) is 3.57. The van der Waals surface area contributed by atoms with Gasteiger partial charge in [-0.05, 0) is 47.7 Å². The zero-order chi connectivity index (χ0) is 18.3. The Morgan fingerprint density at radius 3 is 2.65 bits per heavy atom. The second-order valence-electron chi connectivity index (χ2n) is 5.63. The Labute approximate surface area is 154 Å². The number of hydrogen-bond acceptors (Lipinski definition) is 5. The first-order chi connectivity index (χ1) is 12.6. The van der Waals surface area contributed by atoms with Gasteiger partial charge in [-0.25, -0.2) is 0 Å². The number of para-hydroxylation sites is 1. The van der Waals surface area contributed by atoms with Gasteiger partial charge >= 0.3 is 0 Å². The van der Waals surface area contributed by atoms with Crippen LogP contribution in [0.3, 0.4) is 0 Å². The van der Waals surface area contributed by atoms with E-state index in [1.165, 1.54) is 11.8 Å². The number of rotatable bonds is 3. The van der Waals surface area contributed by atoms with Gasteiger partial charge in [0, 0.05) is 4.90 Å². The average molecular weight is 365 g/mol. The molecular weight excluding hydrogens is 350 g/mol. The number of fused-ring (bicyclic) bond motifs is 3. The lowest BCUT2D eigenvalue weighted by Gasteiger charge is -2.24. The summed E-state index contributed by atoms with van der Waals surface area (Å²) in [4.78, 5) is 19.3. The molecule has 1 amide bonds. The van der Waals surface area contributed by atoms with Crippen LogP contribution in [-0.2, 0) is 4.79 Å². The first kappa shape index (κ1) is 16.4. The topological polar surface area (TPSA) is 75.0 Å². The van der Waals surface area contributed by atoms with E-state index in [0.717, 1.165) is 16.1 Å². The minimum Gasteiger partial charge on any atom is -0.493 e. The van der Waals surface area contributed by atoms with Gasteiger partial charge in [0.05, 0.1) is 25.5 Å². The number of methoxy groups -OCH3 is 2. The standard InChI is InChI=1S/C19H15N3O3S/c1-24-14-8-7-11(10-15(14)25-2)9-12-17(20)22-13-5-3-4-6-16(13)26-19(22)21-18(12)23/h3-10,20H,1-2H3/b12-9+,20-17?. The summed E-state index contributed by atoms with van der Waals surface area (Å²) in [5, 5.41) is 9.07. The van der Waals surface area contributed by atoms with Crippen molar-refractivity contribution >= 4 is 40.4 Å². The van der Waals surface area contributed by atoms with Crippen molar-refractivity contribution in [3.63, 3.8) is 0 Å². The van der Waals surface area contributed by atoms with Crippen LogP contribution in [0.2, 0.25) is 0 Å². The zero-order valence-corrected chi connectivity index (χ0v) is 15.0. The Kier molecular flexibility index (Phi) is 4.00. The summed E-state index contributed by atoms with van der Waals surface area (Å²) in [6, 6.07) is 13.0. The SMILES string of the molecule is COc1ccc(/C=C2\C(=N)N3C(=NC2=O)Sc2ccccc23)cc1OC. The van der Waals surface area contributed by atoms with E-state index in [1.807, 2.05) is 24.3 Å². The van der Waals surface area contributed by atoms with Crippen molar-refractivity contribution in [1.82, 2.24) is 0 Å². The van der Waals surface area contributed by atoms with Crippen molar-refractivity contribution in [3.05, 3.63) is 53.6 Å². The highest BCUT2D eigenvalue weighted by Crippen LogP contribution is 2.42. The third-order valence-corrected chi connectivity index (χ3v) is 5.15. The molecule has 0 saturated heterocycles. The van der Waals surface area contributed by atoms with E-state index >= 15 is 0 Å². The van der Waals surface area contributed by atoms with Gasteiger partial charge < -0.3 is 9.47 Å². The zero-order valence-electron chi connectivity index (χ0n) is 14.1. The molecular formula is C19H15N3O3S. The van der Waals surface area contributed by atoms with Crippen molar-refractivity contribution in [1.29, 1.82) is 5.41 Å². The van der Waals surface area contributed by atoms with Gasteiger partial charge in [0.25, 0.3) is 5.91 Å². The van der Waals surface area contributed by atoms with Crippen LogP contribution in [0.15, 0.2) is 57.9 Å². The molecule has 0 spiro atoms. The van der Waals surface area contributed by atoms with Crippen LogP contribution >= 0.6 is 11.8 Å². The Morgan fingerprint density at radius 1 is 1.12 bits per heavy atom. The molecule has 0 unspecified atom stereocenters. The van der Waals surface area contributed by atoms with Crippen molar-refractivity contribution < 1.29 is 14.3 Å². The van der Waals surface area contributed by atoms with Crippen LogP contribution < -0.4 is 14.4 Å². The third-order valence-electron chi connectivity index (χ3n) is 4.12. The Morgan fingerprint density at radius 2 is 1.88 bits per heavy atom. The van der Waals surface area contributed by atoms with Crippen LogP contribution in [-0.4, -0.2) is 31.1 Å². The lowest BCUT2D eigenvalue weighted by Crippen LogP contribution is -2.39. The number of anilines is 1. The molecule has 0 saturated carbocycles. The molecule has 0 aliphatic carbocycles. The number of amidine groups is 2. The number of aliphatic imine (C=N–C) groups is 1. The number of amides is 1. The number of ether oxygens (including phenoxy) is 2. The maximum absolute atomic E-state index is 12.5. The van der Waals surface area contributed by atoms with Crippen LogP contribution in [0.4, 0.5) is 5.69 Å². The van der Waals surface area contributed by atoms with Gasteiger partial charge in [-0.15, -0.1) is 0 Å². The second kappa shape index (κ2) is 6.34. The summed E-state index contributed by atoms with van der Waals surface area (Å²) in [6.07, 6.45) is 1.65. The molecule has 0 radical (unpaired) electrons. The van der Waals surface area contributed by atoms with Crippen molar-refractivity contribution in [2.45, 2.75) is 4.90 Å². The fourth-order valence-electron chi connectivity index (χ4n) is 2.87. The Hall–Kier alpha value is -3.06. The second-order valence-corrected chi connectivity index (χ2v) is 6.63. The highest BCUT2D eigenvalue weighted by molar-refractivity contribution is 8.15. The molecule has 6 nitrogen and oxygen atoms in total. The molecule has 0 atom stereocenters. The summed E-state index contributed by atoms with van der Waals surface area (Å²) in [5.41, 5.74) is 1.83. The summed E-state index contributed by atoms with van der Waals surface area (Å²) in [7, 11) is 3.12. The van der Waals surface area contributed by atoms with Gasteiger partial charge in [-0.2, -0.15) is 4.99 Å². The van der Waals surface area contributed by atoms with Gasteiger partial charge in [-0.3, -0.25) is 15.1 Å². The van der Waals surface area contributed by atoms with E-state index in [1.54, 1.807) is 43.4 Å². The molecule has 2 aromatic carbocycles. The van der Waals surface area contributed by atoms with Gasteiger partial charge in [0.2, 0.25) is 0 Å². The van der Waals surface area contributed by atoms with Gasteiger partial charge in [0.15, 0.2) is 16.7 Å². The lowest BCUT2D eigenvalue weighted by atomic mass is 10.1. The Bertz CT molecular complexity index is 997. The van der Waals surface area contributed by atoms with Crippen molar-refractivity contribution in [3.8, 4) is 11.5 Å². The van der Waals surface area contributed by atoms with Gasteiger partial charge in [-0.1, -0.05) is 18.2 Å². The van der Waals surface area contributed by atoms with E-state index in [2.05, 4.69) is 4.99 Å². The predicted molar refractivity (Wildman–Crippen MR) is 102 cm³/mol. The smallest absolute Gasteiger partial charge is 0.283 e. The largest absolute Gasteiger partial charge is 0.493 e. The number of nitrogens with one attached hydrogen (secondary N) is 1. The molecule has 4 rings (SSSR count).